The Balaban J connectivity index is 0.00000627. The second-order valence-electron chi connectivity index (χ2n) is 12.7. The molecule has 15 heteroatoms. The number of halogens is 2. The molecule has 3 heterocycles. The van der Waals surface area contributed by atoms with Gasteiger partial charge < -0.3 is 25.8 Å². The highest BCUT2D eigenvalue weighted by molar-refractivity contribution is 7.98. The summed E-state index contributed by atoms with van der Waals surface area (Å²) in [5, 5.41) is 24.9. The average molecular weight is 795 g/mol. The van der Waals surface area contributed by atoms with E-state index in [1.54, 1.807) is 31.2 Å². The molecule has 0 bridgehead atoms. The number of esters is 1. The molecule has 11 nitrogen and oxygen atoms in total. The molecule has 3 atom stereocenters. The van der Waals surface area contributed by atoms with Crippen LogP contribution in [0.2, 0.25) is 5.02 Å². The first-order valence-electron chi connectivity index (χ1n) is 16.9. The number of ether oxygens (including phenoxy) is 2. The lowest BCUT2D eigenvalue weighted by atomic mass is 9.83. The zero-order chi connectivity index (χ0) is 37.4. The van der Waals surface area contributed by atoms with Crippen molar-refractivity contribution < 1.29 is 19.1 Å². The van der Waals surface area contributed by atoms with Crippen molar-refractivity contribution in [3.63, 3.8) is 0 Å². The summed E-state index contributed by atoms with van der Waals surface area (Å²) in [6, 6.07) is 17.4. The molecule has 1 saturated heterocycles. The van der Waals surface area contributed by atoms with Gasteiger partial charge in [0.15, 0.2) is 5.78 Å². The third-order valence-corrected chi connectivity index (χ3v) is 10.9. The first-order valence-corrected chi connectivity index (χ1v) is 19.2. The third-order valence-electron chi connectivity index (χ3n) is 8.67. The minimum atomic E-state index is -1.14. The number of pyridine rings is 1. The lowest BCUT2D eigenvalue weighted by Crippen LogP contribution is -2.49. The molecule has 1 aliphatic heterocycles. The number of rotatable bonds is 15. The number of ketones is 1. The van der Waals surface area contributed by atoms with E-state index in [1.807, 2.05) is 43.5 Å². The van der Waals surface area contributed by atoms with Gasteiger partial charge in [-0.15, -0.1) is 23.7 Å². The van der Waals surface area contributed by atoms with E-state index in [9.17, 15) is 20.1 Å². The van der Waals surface area contributed by atoms with Gasteiger partial charge in [0.1, 0.15) is 58.6 Å². The maximum absolute atomic E-state index is 12.6. The predicted molar refractivity (Wildman–Crippen MR) is 211 cm³/mol. The van der Waals surface area contributed by atoms with Gasteiger partial charge in [0.05, 0.1) is 17.3 Å². The van der Waals surface area contributed by atoms with Gasteiger partial charge in [-0.3, -0.25) is 9.59 Å². The Bertz CT molecular complexity index is 1970. The number of Topliss-reactive ketones (excluding diaryl/α,β-unsaturated/α-hetero) is 1. The Hall–Kier alpha value is -4.21. The maximum atomic E-state index is 12.6. The summed E-state index contributed by atoms with van der Waals surface area (Å²) in [6.07, 6.45) is 1.99. The molecule has 0 radical (unpaired) electrons. The number of nitrogens with two attached hydrogens (primary N) is 2. The van der Waals surface area contributed by atoms with Crippen LogP contribution >= 0.6 is 47.1 Å². The molecule has 1 unspecified atom stereocenters. The number of anilines is 1. The van der Waals surface area contributed by atoms with Crippen molar-refractivity contribution in [1.29, 1.82) is 10.5 Å². The van der Waals surface area contributed by atoms with Gasteiger partial charge in [-0.05, 0) is 55.5 Å². The third kappa shape index (κ3) is 10.1. The fourth-order valence-corrected chi connectivity index (χ4v) is 7.97. The standard InChI is InChI=1S/C38H40ClN7O4S2.ClH/c1-22(2)31(34(47)23(3)42)33(43)38(48)50-17-16-49-28-12-8-24(9-13-28)32-29(18-40)35(46-14-4-5-15-46)45-37(30(32)19-41)52-21-27-20-51-36(44-27)25-6-10-26(39)11-7-25;/h6-13,20,22-23,31,33H,4-5,14-17,21,42-43H2,1-3H3;1H/t23-,31?,33-;/m1./s1. The summed E-state index contributed by atoms with van der Waals surface area (Å²) in [7, 11) is 0. The van der Waals surface area contributed by atoms with Crippen molar-refractivity contribution in [2.45, 2.75) is 56.5 Å². The van der Waals surface area contributed by atoms with Crippen LogP contribution in [0.4, 0.5) is 5.82 Å². The van der Waals surface area contributed by atoms with E-state index < -0.39 is 24.0 Å². The van der Waals surface area contributed by atoms with E-state index in [2.05, 4.69) is 17.0 Å². The number of hydrogen-bond donors (Lipinski definition) is 2. The largest absolute Gasteiger partial charge is 0.490 e. The van der Waals surface area contributed by atoms with Crippen LogP contribution in [0.5, 0.6) is 5.75 Å². The molecule has 0 amide bonds. The fraction of sp³-hybridized carbons (Fsp3) is 0.368. The van der Waals surface area contributed by atoms with Crippen LogP contribution < -0.4 is 21.1 Å². The molecular formula is C38H41Cl2N7O4S2. The monoisotopic (exact) mass is 793 g/mol. The van der Waals surface area contributed by atoms with Crippen LogP contribution in [0.25, 0.3) is 21.7 Å². The summed E-state index contributed by atoms with van der Waals surface area (Å²) < 4.78 is 11.1. The number of aromatic nitrogens is 2. The number of carbonyl (C=O) groups is 2. The number of carbonyl (C=O) groups excluding carboxylic acids is 2. The number of thiazole rings is 1. The van der Waals surface area contributed by atoms with Gasteiger partial charge >= 0.3 is 5.97 Å². The Morgan fingerprint density at radius 3 is 2.21 bits per heavy atom. The number of nitriles is 2. The highest BCUT2D eigenvalue weighted by Gasteiger charge is 2.35. The van der Waals surface area contributed by atoms with Crippen LogP contribution in [-0.2, 0) is 20.1 Å². The highest BCUT2D eigenvalue weighted by atomic mass is 35.5. The van der Waals surface area contributed by atoms with Gasteiger partial charge in [0.2, 0.25) is 0 Å². The smallest absolute Gasteiger partial charge is 0.323 e. The molecule has 278 valence electrons. The molecule has 1 fully saturated rings. The van der Waals surface area contributed by atoms with E-state index in [4.69, 9.17) is 42.5 Å². The summed E-state index contributed by atoms with van der Waals surface area (Å²) in [4.78, 5) is 37.0. The van der Waals surface area contributed by atoms with Crippen LogP contribution in [-0.4, -0.2) is 60.1 Å². The van der Waals surface area contributed by atoms with Crippen molar-refractivity contribution in [2.24, 2.45) is 23.3 Å². The van der Waals surface area contributed by atoms with Crippen molar-refractivity contribution in [3.05, 3.63) is 75.8 Å². The molecule has 4 N–H and O–H groups in total. The average Bonchev–Trinajstić information content (AvgIpc) is 3.85. The first kappa shape index (κ1) is 41.5. The number of hydrogen-bond acceptors (Lipinski definition) is 13. The predicted octanol–water partition coefficient (Wildman–Crippen LogP) is 7.02. The van der Waals surface area contributed by atoms with E-state index in [1.165, 1.54) is 23.1 Å². The van der Waals surface area contributed by atoms with Gasteiger partial charge in [-0.2, -0.15) is 10.5 Å². The zero-order valence-electron chi connectivity index (χ0n) is 29.6. The Labute approximate surface area is 329 Å². The maximum Gasteiger partial charge on any atom is 0.323 e. The molecule has 4 aromatic rings. The lowest BCUT2D eigenvalue weighted by Gasteiger charge is -2.26. The molecule has 2 aromatic heterocycles. The van der Waals surface area contributed by atoms with E-state index in [0.717, 1.165) is 42.2 Å². The Morgan fingerprint density at radius 2 is 1.60 bits per heavy atom. The zero-order valence-corrected chi connectivity index (χ0v) is 32.8. The van der Waals surface area contributed by atoms with Gasteiger partial charge in [0, 0.05) is 46.3 Å². The van der Waals surface area contributed by atoms with Crippen LogP contribution in [0, 0.1) is 34.5 Å². The van der Waals surface area contributed by atoms with Crippen molar-refractivity contribution >= 4 is 64.7 Å². The summed E-state index contributed by atoms with van der Waals surface area (Å²) in [6.45, 7) is 6.71. The summed E-state index contributed by atoms with van der Waals surface area (Å²) >= 11 is 9.01. The first-order chi connectivity index (χ1) is 25.0. The topological polar surface area (TPSA) is 181 Å². The fourth-order valence-electron chi connectivity index (χ4n) is 6.04. The highest BCUT2D eigenvalue weighted by Crippen LogP contribution is 2.40. The van der Waals surface area contributed by atoms with Crippen LogP contribution in [0.3, 0.4) is 0 Å². The molecule has 53 heavy (non-hydrogen) atoms. The molecule has 0 aliphatic carbocycles. The lowest BCUT2D eigenvalue weighted by molar-refractivity contribution is -0.150. The molecule has 2 aromatic carbocycles. The Kier molecular flexibility index (Phi) is 15.1. The quantitative estimate of drug-likeness (QED) is 0.0714. The van der Waals surface area contributed by atoms with Crippen LogP contribution in [0.1, 0.15) is 50.4 Å². The summed E-state index contributed by atoms with van der Waals surface area (Å²) in [5.41, 5.74) is 15.5. The van der Waals surface area contributed by atoms with Crippen molar-refractivity contribution in [3.8, 4) is 39.6 Å². The normalized spacial score (nSPS) is 14.1. The van der Waals surface area contributed by atoms with E-state index in [0.29, 0.717) is 49.6 Å². The molecule has 0 spiro atoms. The van der Waals surface area contributed by atoms with E-state index in [-0.39, 0.29) is 37.3 Å². The van der Waals surface area contributed by atoms with Gasteiger partial charge in [-0.1, -0.05) is 61.5 Å². The van der Waals surface area contributed by atoms with E-state index >= 15 is 0 Å². The minimum Gasteiger partial charge on any atom is -0.490 e. The molecule has 0 saturated carbocycles. The minimum absolute atomic E-state index is 0. The van der Waals surface area contributed by atoms with Crippen molar-refractivity contribution in [2.75, 3.05) is 31.2 Å². The van der Waals surface area contributed by atoms with Crippen LogP contribution in [0.15, 0.2) is 58.9 Å². The summed E-state index contributed by atoms with van der Waals surface area (Å²) in [5.74, 6) is -0.374. The second kappa shape index (κ2) is 19.2. The number of benzene rings is 2. The number of nitrogens with zero attached hydrogens (tertiary/aromatic N) is 5. The molecule has 5 rings (SSSR count). The van der Waals surface area contributed by atoms with Gasteiger partial charge in [0.25, 0.3) is 0 Å². The van der Waals surface area contributed by atoms with Gasteiger partial charge in [-0.25, -0.2) is 9.97 Å². The molecular weight excluding hydrogens is 754 g/mol. The number of thioether (sulfide) groups is 1. The second-order valence-corrected chi connectivity index (χ2v) is 15.0. The SMILES string of the molecule is CC(C)C(C(=O)[C@@H](C)N)[C@@H](N)C(=O)OCCOc1ccc(-c2c(C#N)c(SCc3csc(-c4ccc(Cl)cc4)n3)nc(N3CCCC3)c2C#N)cc1.Cl. The molecule has 1 aliphatic rings. The van der Waals surface area contributed by atoms with Crippen molar-refractivity contribution in [1.82, 2.24) is 9.97 Å². The Morgan fingerprint density at radius 1 is 0.962 bits per heavy atom.